The lowest BCUT2D eigenvalue weighted by atomic mass is 9.26. The fraction of sp³-hybridized carbons (Fsp3) is 1.00. The van der Waals surface area contributed by atoms with Gasteiger partial charge in [0.05, 0.1) is 0 Å². The molecular weight excluding hydrogens is 275 g/mol. The van der Waals surface area contributed by atoms with Gasteiger partial charge in [0.15, 0.2) is 0 Å². The summed E-state index contributed by atoms with van der Waals surface area (Å²) in [5.41, 5.74) is 1.60. The maximum Gasteiger partial charge on any atom is 0.143 e. The van der Waals surface area contributed by atoms with Gasteiger partial charge in [0.1, 0.15) is 6.71 Å². The maximum absolute atomic E-state index is 2.67. The van der Waals surface area contributed by atoms with E-state index in [0.717, 1.165) is 70.6 Å². The van der Waals surface area contributed by atoms with Crippen LogP contribution < -0.4 is 0 Å². The molecule has 7 fully saturated rings. The van der Waals surface area contributed by atoms with Crippen molar-refractivity contribution < 1.29 is 0 Å². The SMILES string of the molecule is CB(C1CC2CC([C@@H]2C)[C@@H](C)[C@H]1C)C1CC2C[C@]3(C[C@]23C)[C@H]1C. The molecule has 0 aromatic carbocycles. The van der Waals surface area contributed by atoms with E-state index in [1.807, 2.05) is 0 Å². The van der Waals surface area contributed by atoms with E-state index in [-0.39, 0.29) is 0 Å². The van der Waals surface area contributed by atoms with Crippen molar-refractivity contribution in [1.29, 1.82) is 0 Å². The van der Waals surface area contributed by atoms with E-state index in [2.05, 4.69) is 41.4 Å². The van der Waals surface area contributed by atoms with Crippen LogP contribution in [0.25, 0.3) is 0 Å². The Morgan fingerprint density at radius 1 is 0.870 bits per heavy atom. The van der Waals surface area contributed by atoms with Crippen LogP contribution in [0.5, 0.6) is 0 Å². The highest BCUT2D eigenvalue weighted by atomic mass is 14.8. The van der Waals surface area contributed by atoms with E-state index in [1.54, 1.807) is 32.1 Å². The Kier molecular flexibility index (Phi) is 2.95. The summed E-state index contributed by atoms with van der Waals surface area (Å²) in [6, 6.07) is 0. The quantitative estimate of drug-likeness (QED) is 0.528. The molecule has 23 heavy (non-hydrogen) atoms. The van der Waals surface area contributed by atoms with Gasteiger partial charge in [-0.15, -0.1) is 0 Å². The van der Waals surface area contributed by atoms with E-state index < -0.39 is 0 Å². The molecule has 1 heteroatoms. The molecule has 7 aliphatic carbocycles. The third-order valence-corrected chi connectivity index (χ3v) is 11.4. The van der Waals surface area contributed by atoms with Crippen LogP contribution in [0.15, 0.2) is 0 Å². The van der Waals surface area contributed by atoms with Crippen LogP contribution in [0.3, 0.4) is 0 Å². The molecular formula is C22H37B. The van der Waals surface area contributed by atoms with E-state index in [1.165, 1.54) is 0 Å². The molecule has 7 aliphatic rings. The zero-order valence-corrected chi connectivity index (χ0v) is 16.3. The summed E-state index contributed by atoms with van der Waals surface area (Å²) in [6.45, 7) is 16.7. The maximum atomic E-state index is 2.67. The highest BCUT2D eigenvalue weighted by Crippen LogP contribution is 2.88. The first-order valence-corrected chi connectivity index (χ1v) is 10.8. The average Bonchev–Trinajstić information content (AvgIpc) is 3.09. The zero-order chi connectivity index (χ0) is 16.3. The minimum absolute atomic E-state index is 0.793. The fourth-order valence-electron chi connectivity index (χ4n) is 9.12. The second-order valence-corrected chi connectivity index (χ2v) is 11.3. The molecule has 128 valence electrons. The van der Waals surface area contributed by atoms with E-state index >= 15 is 0 Å². The third kappa shape index (κ3) is 1.62. The molecule has 0 aromatic heterocycles. The fourth-order valence-corrected chi connectivity index (χ4v) is 9.12. The zero-order valence-electron chi connectivity index (χ0n) is 16.3. The highest BCUT2D eigenvalue weighted by Gasteiger charge is 2.80. The molecule has 0 radical (unpaired) electrons. The van der Waals surface area contributed by atoms with E-state index in [9.17, 15) is 0 Å². The molecule has 0 N–H and O–H groups in total. The van der Waals surface area contributed by atoms with Gasteiger partial charge >= 0.3 is 0 Å². The molecule has 0 amide bonds. The van der Waals surface area contributed by atoms with Crippen molar-refractivity contribution in [3.05, 3.63) is 0 Å². The van der Waals surface area contributed by atoms with Crippen LogP contribution in [-0.2, 0) is 0 Å². The number of fused-ring (bicyclic) bond motifs is 5. The minimum Gasteiger partial charge on any atom is -0.0856 e. The summed E-state index contributed by atoms with van der Waals surface area (Å²) in [6.07, 6.45) is 7.85. The average molecular weight is 312 g/mol. The highest BCUT2D eigenvalue weighted by molar-refractivity contribution is 6.61. The van der Waals surface area contributed by atoms with Crippen molar-refractivity contribution in [3.8, 4) is 0 Å². The van der Waals surface area contributed by atoms with Crippen LogP contribution in [0.4, 0.5) is 0 Å². The summed E-state index contributed by atoms with van der Waals surface area (Å²) in [5.74, 6) is 9.21. The topological polar surface area (TPSA) is 0 Å². The van der Waals surface area contributed by atoms with E-state index in [0.29, 0.717) is 0 Å². The van der Waals surface area contributed by atoms with Gasteiger partial charge in [-0.2, -0.15) is 0 Å². The Hall–Kier alpha value is 0.0649. The molecule has 0 aromatic rings. The molecule has 0 heterocycles. The van der Waals surface area contributed by atoms with Gasteiger partial charge < -0.3 is 0 Å². The van der Waals surface area contributed by atoms with Crippen molar-refractivity contribution in [2.75, 3.05) is 0 Å². The van der Waals surface area contributed by atoms with Gasteiger partial charge in [-0.25, -0.2) is 0 Å². The first-order chi connectivity index (χ1) is 10.8. The molecule has 7 saturated carbocycles. The Balaban J connectivity index is 1.37. The third-order valence-electron chi connectivity index (χ3n) is 11.4. The van der Waals surface area contributed by atoms with Gasteiger partial charge in [-0.3, -0.25) is 0 Å². The molecule has 0 aliphatic heterocycles. The molecule has 4 bridgehead atoms. The number of rotatable bonds is 2. The molecule has 7 rings (SSSR count). The van der Waals surface area contributed by atoms with Gasteiger partial charge in [-0.05, 0) is 71.5 Å². The minimum atomic E-state index is 0.793. The van der Waals surface area contributed by atoms with Crippen LogP contribution in [-0.4, -0.2) is 6.71 Å². The molecule has 0 saturated heterocycles. The predicted molar refractivity (Wildman–Crippen MR) is 99.9 cm³/mol. The standard InChI is InChI=1S/C22H37B/c1-12-13(2)19(8-16-7-18(12)14(16)3)23(6)20-9-17-10-22(15(20)4)11-21(17,22)5/h12-20H,7-11H2,1-6H3/t12-,13+,14+,15-,16?,17?,18?,19?,20?,21+,22-/m0/s1. The Morgan fingerprint density at radius 3 is 2.26 bits per heavy atom. The van der Waals surface area contributed by atoms with Crippen LogP contribution in [0.2, 0.25) is 18.5 Å². The van der Waals surface area contributed by atoms with Crippen LogP contribution in [0.1, 0.15) is 66.7 Å². The van der Waals surface area contributed by atoms with Crippen molar-refractivity contribution in [1.82, 2.24) is 0 Å². The van der Waals surface area contributed by atoms with Crippen molar-refractivity contribution in [3.63, 3.8) is 0 Å². The van der Waals surface area contributed by atoms with E-state index in [4.69, 9.17) is 0 Å². The first-order valence-electron chi connectivity index (χ1n) is 10.8. The second-order valence-electron chi connectivity index (χ2n) is 11.3. The van der Waals surface area contributed by atoms with Gasteiger partial charge in [0, 0.05) is 0 Å². The Morgan fingerprint density at radius 2 is 1.61 bits per heavy atom. The van der Waals surface area contributed by atoms with Gasteiger partial charge in [0.2, 0.25) is 0 Å². The molecule has 5 unspecified atom stereocenters. The lowest BCUT2D eigenvalue weighted by Gasteiger charge is -2.56. The number of hydrogen-bond donors (Lipinski definition) is 0. The lowest BCUT2D eigenvalue weighted by Crippen LogP contribution is -2.50. The smallest absolute Gasteiger partial charge is 0.0856 e. The summed E-state index contributed by atoms with van der Waals surface area (Å²) in [7, 11) is 0. The molecule has 1 spiro atoms. The Labute approximate surface area is 144 Å². The summed E-state index contributed by atoms with van der Waals surface area (Å²) in [4.78, 5) is 0. The van der Waals surface area contributed by atoms with Crippen molar-refractivity contribution in [2.24, 2.45) is 52.3 Å². The van der Waals surface area contributed by atoms with Gasteiger partial charge in [-0.1, -0.05) is 65.9 Å². The summed E-state index contributed by atoms with van der Waals surface area (Å²) < 4.78 is 0. The lowest BCUT2D eigenvalue weighted by molar-refractivity contribution is -0.0174. The number of hydrogen-bond acceptors (Lipinski definition) is 0. The normalized spacial score (nSPS) is 65.7. The monoisotopic (exact) mass is 312 g/mol. The molecule has 11 atom stereocenters. The Bertz CT molecular complexity index is 524. The largest absolute Gasteiger partial charge is 0.143 e. The first kappa shape index (κ1) is 15.3. The summed E-state index contributed by atoms with van der Waals surface area (Å²) in [5, 5.41) is 0. The van der Waals surface area contributed by atoms with Gasteiger partial charge in [0.25, 0.3) is 0 Å². The molecule has 0 nitrogen and oxygen atoms in total. The van der Waals surface area contributed by atoms with Crippen molar-refractivity contribution in [2.45, 2.75) is 85.2 Å². The van der Waals surface area contributed by atoms with Crippen molar-refractivity contribution >= 4 is 6.71 Å². The van der Waals surface area contributed by atoms with Crippen LogP contribution in [0, 0.1) is 52.3 Å². The summed E-state index contributed by atoms with van der Waals surface area (Å²) >= 11 is 0. The second kappa shape index (κ2) is 4.42. The predicted octanol–water partition coefficient (Wildman–Crippen LogP) is 6.26. The van der Waals surface area contributed by atoms with Crippen LogP contribution >= 0.6 is 0 Å².